The first kappa shape index (κ1) is 11.3. The fourth-order valence-electron chi connectivity index (χ4n) is 0.864. The molecule has 0 amide bonds. The molecule has 0 N–H and O–H groups in total. The highest BCUT2D eigenvalue weighted by Crippen LogP contribution is 2.23. The third-order valence-electron chi connectivity index (χ3n) is 1.48. The summed E-state index contributed by atoms with van der Waals surface area (Å²) in [6.45, 7) is 0.293. The minimum absolute atomic E-state index is 0.293. The molecule has 13 heavy (non-hydrogen) atoms. The minimum atomic E-state index is 0.293. The van der Waals surface area contributed by atoms with E-state index in [0.29, 0.717) is 6.79 Å². The molecule has 1 aromatic carbocycles. The summed E-state index contributed by atoms with van der Waals surface area (Å²) >= 11 is 5.63. The Morgan fingerprint density at radius 1 is 1.46 bits per heavy atom. The molecule has 0 aliphatic rings. The van der Waals surface area contributed by atoms with Crippen LogP contribution in [0.3, 0.4) is 0 Å². The quantitative estimate of drug-likeness (QED) is 0.468. The van der Waals surface area contributed by atoms with Gasteiger partial charge in [-0.15, -0.1) is 0 Å². The first-order valence-electron chi connectivity index (χ1n) is 3.74. The maximum absolute atomic E-state index is 5.38. The summed E-state index contributed by atoms with van der Waals surface area (Å²) in [5, 5.41) is 0.841. The highest BCUT2D eigenvalue weighted by atomic mass is 127. The average Bonchev–Trinajstić information content (AvgIpc) is 2.17. The molecule has 0 fully saturated rings. The summed E-state index contributed by atoms with van der Waals surface area (Å²) in [6, 6.07) is 6.11. The topological polar surface area (TPSA) is 18.5 Å². The predicted molar refractivity (Wildman–Crippen MR) is 64.3 cm³/mol. The van der Waals surface area contributed by atoms with Crippen LogP contribution in [-0.4, -0.2) is 13.9 Å². The van der Waals surface area contributed by atoms with Crippen molar-refractivity contribution in [2.24, 2.45) is 0 Å². The summed E-state index contributed by atoms with van der Waals surface area (Å²) in [7, 11) is 1.61. The Balaban J connectivity index is 2.78. The van der Waals surface area contributed by atoms with Gasteiger partial charge in [0, 0.05) is 12.4 Å². The lowest BCUT2D eigenvalue weighted by Crippen LogP contribution is -2.00. The van der Waals surface area contributed by atoms with Gasteiger partial charge in [0.2, 0.25) is 0 Å². The zero-order chi connectivity index (χ0) is 9.68. The summed E-state index contributed by atoms with van der Waals surface area (Å²) in [4.78, 5) is 0. The van der Waals surface area contributed by atoms with Crippen LogP contribution < -0.4 is 4.74 Å². The molecule has 4 heteroatoms. The van der Waals surface area contributed by atoms with Crippen LogP contribution in [0.2, 0.25) is 0 Å². The van der Waals surface area contributed by atoms with Crippen molar-refractivity contribution in [3.8, 4) is 5.75 Å². The van der Waals surface area contributed by atoms with Gasteiger partial charge in [-0.25, -0.2) is 0 Å². The van der Waals surface area contributed by atoms with E-state index < -0.39 is 0 Å². The molecule has 0 spiro atoms. The Morgan fingerprint density at radius 3 is 2.85 bits per heavy atom. The van der Waals surface area contributed by atoms with Gasteiger partial charge in [0.1, 0.15) is 5.75 Å². The van der Waals surface area contributed by atoms with Crippen LogP contribution in [0.15, 0.2) is 18.2 Å². The Kier molecular flexibility index (Phi) is 5.05. The molecule has 0 saturated heterocycles. The molecule has 0 unspecified atom stereocenters. The van der Waals surface area contributed by atoms with Crippen molar-refractivity contribution in [2.45, 2.75) is 5.33 Å². The molecule has 1 aromatic rings. The van der Waals surface area contributed by atoms with Crippen LogP contribution in [0.25, 0.3) is 0 Å². The number of methoxy groups -OCH3 is 1. The van der Waals surface area contributed by atoms with Gasteiger partial charge in [0.25, 0.3) is 0 Å². The zero-order valence-corrected chi connectivity index (χ0v) is 11.0. The molecule has 2 nitrogen and oxygen atoms in total. The van der Waals surface area contributed by atoms with Gasteiger partial charge in [-0.05, 0) is 40.3 Å². The van der Waals surface area contributed by atoms with Crippen molar-refractivity contribution in [2.75, 3.05) is 13.9 Å². The van der Waals surface area contributed by atoms with E-state index in [1.165, 1.54) is 5.56 Å². The third kappa shape index (κ3) is 3.44. The van der Waals surface area contributed by atoms with Crippen molar-refractivity contribution in [1.29, 1.82) is 0 Å². The summed E-state index contributed by atoms with van der Waals surface area (Å²) < 4.78 is 11.3. The number of benzene rings is 1. The van der Waals surface area contributed by atoms with Crippen LogP contribution in [0, 0.1) is 3.57 Å². The maximum Gasteiger partial charge on any atom is 0.188 e. The van der Waals surface area contributed by atoms with Gasteiger partial charge >= 0.3 is 0 Å². The van der Waals surface area contributed by atoms with Crippen LogP contribution in [-0.2, 0) is 10.1 Å². The minimum Gasteiger partial charge on any atom is -0.466 e. The Hall–Kier alpha value is 0.190. The van der Waals surface area contributed by atoms with Crippen molar-refractivity contribution in [3.63, 3.8) is 0 Å². The Labute approximate surface area is 99.9 Å². The van der Waals surface area contributed by atoms with Crippen LogP contribution in [0.1, 0.15) is 5.56 Å². The number of hydrogen-bond donors (Lipinski definition) is 0. The number of alkyl halides is 1. The van der Waals surface area contributed by atoms with Crippen molar-refractivity contribution in [3.05, 3.63) is 27.3 Å². The van der Waals surface area contributed by atoms with Crippen LogP contribution in [0.4, 0.5) is 0 Å². The first-order chi connectivity index (χ1) is 6.27. The number of hydrogen-bond acceptors (Lipinski definition) is 2. The van der Waals surface area contributed by atoms with E-state index in [-0.39, 0.29) is 0 Å². The summed E-state index contributed by atoms with van der Waals surface area (Å²) in [6.07, 6.45) is 0. The molecule has 1 rings (SSSR count). The highest BCUT2D eigenvalue weighted by molar-refractivity contribution is 14.1. The fraction of sp³-hybridized carbons (Fsp3) is 0.333. The predicted octanol–water partition coefficient (Wildman–Crippen LogP) is 3.17. The zero-order valence-electron chi connectivity index (χ0n) is 7.22. The molecule has 0 radical (unpaired) electrons. The van der Waals surface area contributed by atoms with Gasteiger partial charge in [-0.1, -0.05) is 22.0 Å². The molecule has 0 atom stereocenters. The Morgan fingerprint density at radius 2 is 2.23 bits per heavy atom. The van der Waals surface area contributed by atoms with Crippen LogP contribution >= 0.6 is 38.5 Å². The molecule has 0 heterocycles. The van der Waals surface area contributed by atoms with Gasteiger partial charge in [-0.3, -0.25) is 0 Å². The van der Waals surface area contributed by atoms with Gasteiger partial charge in [0.05, 0.1) is 3.57 Å². The lowest BCUT2D eigenvalue weighted by atomic mass is 10.2. The molecular formula is C9H10BrIO2. The van der Waals surface area contributed by atoms with E-state index in [2.05, 4.69) is 44.6 Å². The number of rotatable bonds is 4. The molecule has 72 valence electrons. The van der Waals surface area contributed by atoms with E-state index in [1.807, 2.05) is 12.1 Å². The van der Waals surface area contributed by atoms with Crippen molar-refractivity contribution < 1.29 is 9.47 Å². The maximum atomic E-state index is 5.38. The molecular weight excluding hydrogens is 347 g/mol. The van der Waals surface area contributed by atoms with E-state index in [4.69, 9.17) is 9.47 Å². The molecule has 0 aliphatic heterocycles. The number of halogens is 2. The molecule has 0 bridgehead atoms. The van der Waals surface area contributed by atoms with Crippen LogP contribution in [0.5, 0.6) is 5.75 Å². The van der Waals surface area contributed by atoms with Crippen molar-refractivity contribution in [1.82, 2.24) is 0 Å². The lowest BCUT2D eigenvalue weighted by Gasteiger charge is -2.07. The summed E-state index contributed by atoms with van der Waals surface area (Å²) in [5.41, 5.74) is 1.20. The van der Waals surface area contributed by atoms with E-state index in [0.717, 1.165) is 14.6 Å². The molecule has 0 aliphatic carbocycles. The fourth-order valence-corrected chi connectivity index (χ4v) is 1.70. The Bertz CT molecular complexity index is 278. The normalized spacial score (nSPS) is 10.1. The van der Waals surface area contributed by atoms with E-state index in [1.54, 1.807) is 7.11 Å². The first-order valence-corrected chi connectivity index (χ1v) is 5.94. The standard InChI is InChI=1S/C9H10BrIO2/c1-12-6-13-9-4-7(5-10)2-3-8(9)11/h2-4H,5-6H2,1H3. The van der Waals surface area contributed by atoms with Gasteiger partial charge in [0.15, 0.2) is 6.79 Å². The summed E-state index contributed by atoms with van der Waals surface area (Å²) in [5.74, 6) is 0.874. The second-order valence-corrected chi connectivity index (χ2v) is 4.17. The second kappa shape index (κ2) is 5.82. The highest BCUT2D eigenvalue weighted by Gasteiger charge is 2.01. The number of ether oxygens (including phenoxy) is 2. The van der Waals surface area contributed by atoms with Gasteiger partial charge in [-0.2, -0.15) is 0 Å². The molecule has 0 saturated carbocycles. The second-order valence-electron chi connectivity index (χ2n) is 2.45. The van der Waals surface area contributed by atoms with Crippen molar-refractivity contribution >= 4 is 38.5 Å². The SMILES string of the molecule is COCOc1cc(CBr)ccc1I. The molecule has 0 aromatic heterocycles. The lowest BCUT2D eigenvalue weighted by molar-refractivity contribution is 0.0505. The monoisotopic (exact) mass is 356 g/mol. The van der Waals surface area contributed by atoms with E-state index >= 15 is 0 Å². The van der Waals surface area contributed by atoms with E-state index in [9.17, 15) is 0 Å². The largest absolute Gasteiger partial charge is 0.466 e. The smallest absolute Gasteiger partial charge is 0.188 e. The average molecular weight is 357 g/mol. The van der Waals surface area contributed by atoms with Gasteiger partial charge < -0.3 is 9.47 Å². The third-order valence-corrected chi connectivity index (χ3v) is 3.02.